The van der Waals surface area contributed by atoms with Crippen LogP contribution in [0.4, 0.5) is 0 Å². The molecule has 0 saturated carbocycles. The maximum absolute atomic E-state index is 11.1. The molecule has 0 aromatic heterocycles. The third-order valence-corrected chi connectivity index (χ3v) is 4.21. The number of thioether (sulfide) groups is 2. The molecule has 0 heterocycles. The van der Waals surface area contributed by atoms with Crippen molar-refractivity contribution in [3.63, 3.8) is 0 Å². The Bertz CT molecular complexity index is 236. The lowest BCUT2D eigenvalue weighted by Crippen LogP contribution is -2.09. The van der Waals surface area contributed by atoms with Crippen molar-refractivity contribution in [2.75, 3.05) is 49.4 Å². The van der Waals surface area contributed by atoms with E-state index < -0.39 is 0 Å². The predicted octanol–water partition coefficient (Wildman–Crippen LogP) is 0.304. The molecule has 0 aliphatic carbocycles. The van der Waals surface area contributed by atoms with Crippen LogP contribution in [0.25, 0.3) is 0 Å². The molecular formula is C12H22O6S2. The van der Waals surface area contributed by atoms with Gasteiger partial charge >= 0.3 is 11.9 Å². The summed E-state index contributed by atoms with van der Waals surface area (Å²) in [7, 11) is 0. The first-order valence-electron chi connectivity index (χ1n) is 6.39. The predicted molar refractivity (Wildman–Crippen MR) is 80.0 cm³/mol. The molecule has 0 rings (SSSR count). The van der Waals surface area contributed by atoms with E-state index in [0.717, 1.165) is 11.5 Å². The first-order chi connectivity index (χ1) is 9.70. The number of aliphatic hydroxyl groups is 2. The van der Waals surface area contributed by atoms with Crippen molar-refractivity contribution >= 4 is 35.5 Å². The summed E-state index contributed by atoms with van der Waals surface area (Å²) < 4.78 is 9.44. The zero-order valence-corrected chi connectivity index (χ0v) is 13.0. The Morgan fingerprint density at radius 2 is 1.15 bits per heavy atom. The van der Waals surface area contributed by atoms with Crippen molar-refractivity contribution in [1.82, 2.24) is 0 Å². The van der Waals surface area contributed by atoms with Crippen LogP contribution in [-0.2, 0) is 19.1 Å². The van der Waals surface area contributed by atoms with E-state index >= 15 is 0 Å². The Morgan fingerprint density at radius 1 is 0.750 bits per heavy atom. The van der Waals surface area contributed by atoms with E-state index in [1.165, 1.54) is 0 Å². The van der Waals surface area contributed by atoms with Gasteiger partial charge in [-0.05, 0) is 0 Å². The van der Waals surface area contributed by atoms with Crippen LogP contribution in [0.5, 0.6) is 0 Å². The van der Waals surface area contributed by atoms with Crippen LogP contribution in [0.15, 0.2) is 0 Å². The molecule has 0 amide bonds. The molecule has 6 nitrogen and oxygen atoms in total. The minimum atomic E-state index is -0.286. The molecule has 0 aliphatic heterocycles. The summed E-state index contributed by atoms with van der Waals surface area (Å²) in [6.45, 7) is -0.163. The van der Waals surface area contributed by atoms with Crippen LogP contribution in [0.3, 0.4) is 0 Å². The van der Waals surface area contributed by atoms with Crippen molar-refractivity contribution in [2.45, 2.75) is 12.8 Å². The Kier molecular flexibility index (Phi) is 14.6. The monoisotopic (exact) mass is 326 g/mol. The molecule has 0 saturated heterocycles. The number of esters is 2. The van der Waals surface area contributed by atoms with Crippen LogP contribution >= 0.6 is 23.5 Å². The molecule has 0 spiro atoms. The van der Waals surface area contributed by atoms with E-state index in [4.69, 9.17) is 19.7 Å². The highest BCUT2D eigenvalue weighted by molar-refractivity contribution is 8.02. The third kappa shape index (κ3) is 14.0. The largest absolute Gasteiger partial charge is 0.463 e. The molecule has 0 aliphatic rings. The fraction of sp³-hybridized carbons (Fsp3) is 0.833. The van der Waals surface area contributed by atoms with Gasteiger partial charge < -0.3 is 19.7 Å². The quantitative estimate of drug-likeness (QED) is 0.369. The number of aliphatic hydroxyl groups excluding tert-OH is 2. The number of hydrogen-bond donors (Lipinski definition) is 2. The molecule has 118 valence electrons. The number of rotatable bonds is 13. The van der Waals surface area contributed by atoms with Crippen molar-refractivity contribution in [3.05, 3.63) is 0 Å². The molecule has 0 bridgehead atoms. The number of carbonyl (C=O) groups excluding carboxylic acids is 2. The maximum atomic E-state index is 11.1. The van der Waals surface area contributed by atoms with Gasteiger partial charge in [0.05, 0.1) is 26.1 Å². The van der Waals surface area contributed by atoms with Crippen LogP contribution in [0.1, 0.15) is 12.8 Å². The highest BCUT2D eigenvalue weighted by Gasteiger charge is 2.03. The van der Waals surface area contributed by atoms with Gasteiger partial charge in [0.15, 0.2) is 0 Å². The van der Waals surface area contributed by atoms with E-state index in [2.05, 4.69) is 0 Å². The Labute approximate surface area is 127 Å². The second kappa shape index (κ2) is 15.0. The van der Waals surface area contributed by atoms with Crippen LogP contribution in [-0.4, -0.2) is 71.6 Å². The van der Waals surface area contributed by atoms with Gasteiger partial charge in [0.2, 0.25) is 0 Å². The zero-order chi connectivity index (χ0) is 15.1. The van der Waals surface area contributed by atoms with Gasteiger partial charge in [-0.3, -0.25) is 9.59 Å². The van der Waals surface area contributed by atoms with Crippen molar-refractivity contribution < 1.29 is 29.3 Å². The minimum Gasteiger partial charge on any atom is -0.463 e. The molecule has 0 radical (unpaired) electrons. The summed E-state index contributed by atoms with van der Waals surface area (Å²) in [6, 6.07) is 0. The van der Waals surface area contributed by atoms with Gasteiger partial charge in [0, 0.05) is 23.0 Å². The topological polar surface area (TPSA) is 93.1 Å². The van der Waals surface area contributed by atoms with Crippen LogP contribution in [0, 0.1) is 0 Å². The van der Waals surface area contributed by atoms with Crippen molar-refractivity contribution in [1.29, 1.82) is 0 Å². The van der Waals surface area contributed by atoms with Crippen LogP contribution in [0.2, 0.25) is 0 Å². The Morgan fingerprint density at radius 3 is 1.50 bits per heavy atom. The first kappa shape index (κ1) is 19.6. The van der Waals surface area contributed by atoms with E-state index in [0.29, 0.717) is 24.3 Å². The molecular weight excluding hydrogens is 304 g/mol. The molecule has 0 fully saturated rings. The third-order valence-electron chi connectivity index (χ3n) is 1.98. The fourth-order valence-corrected chi connectivity index (χ4v) is 3.07. The fourth-order valence-electron chi connectivity index (χ4n) is 1.10. The van der Waals surface area contributed by atoms with Gasteiger partial charge in [-0.25, -0.2) is 0 Å². The minimum absolute atomic E-state index is 0.0612. The van der Waals surface area contributed by atoms with Gasteiger partial charge in [0.1, 0.15) is 13.2 Å². The first-order valence-corrected chi connectivity index (χ1v) is 8.70. The standard InChI is InChI=1S/C12H22O6S2/c13-3-5-17-11(15)1-7-19-9-10-20-8-2-12(16)18-6-4-14/h13-14H,1-10H2. The van der Waals surface area contributed by atoms with Crippen molar-refractivity contribution in [2.24, 2.45) is 0 Å². The molecule has 2 N–H and O–H groups in total. The SMILES string of the molecule is O=C(CCSCCSCCC(=O)OCCO)OCCO. The summed E-state index contributed by atoms with van der Waals surface area (Å²) in [4.78, 5) is 22.2. The molecule has 0 atom stereocenters. The lowest BCUT2D eigenvalue weighted by Gasteiger charge is -2.04. The highest BCUT2D eigenvalue weighted by Crippen LogP contribution is 2.10. The number of ether oxygens (including phenoxy) is 2. The lowest BCUT2D eigenvalue weighted by molar-refractivity contribution is -0.144. The lowest BCUT2D eigenvalue weighted by atomic mass is 10.5. The molecule has 8 heteroatoms. The van der Waals surface area contributed by atoms with Gasteiger partial charge in [-0.2, -0.15) is 23.5 Å². The summed E-state index contributed by atoms with van der Waals surface area (Å²) >= 11 is 3.31. The Hall–Kier alpha value is -0.440. The normalized spacial score (nSPS) is 10.3. The van der Waals surface area contributed by atoms with Gasteiger partial charge in [0.25, 0.3) is 0 Å². The van der Waals surface area contributed by atoms with Crippen LogP contribution < -0.4 is 0 Å². The summed E-state index contributed by atoms with van der Waals surface area (Å²) in [5, 5.41) is 16.9. The van der Waals surface area contributed by atoms with E-state index in [1.807, 2.05) is 0 Å². The molecule has 0 aromatic carbocycles. The number of carbonyl (C=O) groups is 2. The number of hydrogen-bond acceptors (Lipinski definition) is 8. The highest BCUT2D eigenvalue weighted by atomic mass is 32.2. The maximum Gasteiger partial charge on any atom is 0.306 e. The summed E-state index contributed by atoms with van der Waals surface area (Å²) in [5.41, 5.74) is 0. The zero-order valence-electron chi connectivity index (χ0n) is 11.4. The van der Waals surface area contributed by atoms with Gasteiger partial charge in [-0.15, -0.1) is 0 Å². The molecule has 0 unspecified atom stereocenters. The average molecular weight is 326 g/mol. The van der Waals surface area contributed by atoms with E-state index in [9.17, 15) is 9.59 Å². The van der Waals surface area contributed by atoms with E-state index in [1.54, 1.807) is 23.5 Å². The smallest absolute Gasteiger partial charge is 0.306 e. The van der Waals surface area contributed by atoms with E-state index in [-0.39, 0.29) is 38.4 Å². The Balaban J connectivity index is 3.20. The molecule has 0 aromatic rings. The second-order valence-corrected chi connectivity index (χ2v) is 6.06. The summed E-state index contributed by atoms with van der Waals surface area (Å²) in [5.74, 6) is 2.64. The average Bonchev–Trinajstić information content (AvgIpc) is 2.45. The second-order valence-electron chi connectivity index (χ2n) is 3.61. The van der Waals surface area contributed by atoms with Gasteiger partial charge in [-0.1, -0.05) is 0 Å². The summed E-state index contributed by atoms with van der Waals surface area (Å²) in [6.07, 6.45) is 0.700. The van der Waals surface area contributed by atoms with Crippen molar-refractivity contribution in [3.8, 4) is 0 Å². The molecule has 20 heavy (non-hydrogen) atoms.